The third kappa shape index (κ3) is 6.76. The van der Waals surface area contributed by atoms with Crippen LogP contribution in [-0.2, 0) is 4.79 Å². The van der Waals surface area contributed by atoms with Gasteiger partial charge in [-0.15, -0.1) is 0 Å². The van der Waals surface area contributed by atoms with Crippen molar-refractivity contribution in [2.45, 2.75) is 26.4 Å². The first-order valence-corrected chi connectivity index (χ1v) is 6.97. The van der Waals surface area contributed by atoms with E-state index in [0.717, 1.165) is 0 Å². The minimum Gasteiger partial charge on any atom is -0.399 e. The maximum Gasteiger partial charge on any atom is 0.251 e. The van der Waals surface area contributed by atoms with E-state index in [0.29, 0.717) is 23.6 Å². The molecule has 0 saturated carbocycles. The number of amides is 2. The average Bonchev–Trinajstić information content (AvgIpc) is 2.42. The standard InChI is InChI=1S/C15H23N3O3/c1-10(2)7-13(19)8-17-14(20)9-18-15(21)11-3-5-12(16)6-4-11/h3-6,10,13,19H,7-9,16H2,1-2H3,(H,17,20)(H,18,21). The summed E-state index contributed by atoms with van der Waals surface area (Å²) < 4.78 is 0. The van der Waals surface area contributed by atoms with Crippen molar-refractivity contribution in [1.29, 1.82) is 0 Å². The SMILES string of the molecule is CC(C)CC(O)CNC(=O)CNC(=O)c1ccc(N)cc1. The van der Waals surface area contributed by atoms with Crippen molar-refractivity contribution in [3.63, 3.8) is 0 Å². The molecule has 1 aromatic carbocycles. The second kappa shape index (κ2) is 8.26. The number of hydrogen-bond donors (Lipinski definition) is 4. The van der Waals surface area contributed by atoms with Crippen molar-refractivity contribution in [3.8, 4) is 0 Å². The molecule has 0 radical (unpaired) electrons. The highest BCUT2D eigenvalue weighted by Crippen LogP contribution is 2.05. The van der Waals surface area contributed by atoms with Gasteiger partial charge in [-0.3, -0.25) is 9.59 Å². The van der Waals surface area contributed by atoms with Crippen molar-refractivity contribution in [1.82, 2.24) is 10.6 Å². The quantitative estimate of drug-likeness (QED) is 0.550. The van der Waals surface area contributed by atoms with Crippen LogP contribution in [0.2, 0.25) is 0 Å². The monoisotopic (exact) mass is 293 g/mol. The summed E-state index contributed by atoms with van der Waals surface area (Å²) in [6.07, 6.45) is 0.0553. The molecule has 21 heavy (non-hydrogen) atoms. The third-order valence-corrected chi connectivity index (χ3v) is 2.86. The number of carbonyl (C=O) groups is 2. The maximum atomic E-state index is 11.8. The Morgan fingerprint density at radius 1 is 1.19 bits per heavy atom. The van der Waals surface area contributed by atoms with E-state index in [-0.39, 0.29) is 24.9 Å². The molecule has 2 amide bonds. The largest absolute Gasteiger partial charge is 0.399 e. The van der Waals surface area contributed by atoms with E-state index in [1.165, 1.54) is 0 Å². The summed E-state index contributed by atoms with van der Waals surface area (Å²) in [6.45, 7) is 4.06. The Morgan fingerprint density at radius 3 is 2.38 bits per heavy atom. The van der Waals surface area contributed by atoms with Gasteiger partial charge in [-0.2, -0.15) is 0 Å². The molecule has 0 heterocycles. The number of aliphatic hydroxyl groups is 1. The lowest BCUT2D eigenvalue weighted by atomic mass is 10.1. The number of nitrogens with one attached hydrogen (secondary N) is 2. The van der Waals surface area contributed by atoms with Gasteiger partial charge in [0.1, 0.15) is 0 Å². The van der Waals surface area contributed by atoms with Gasteiger partial charge in [-0.05, 0) is 36.6 Å². The van der Waals surface area contributed by atoms with Crippen molar-refractivity contribution in [2.24, 2.45) is 5.92 Å². The molecule has 1 unspecified atom stereocenters. The van der Waals surface area contributed by atoms with Gasteiger partial charge in [0.15, 0.2) is 0 Å². The molecule has 0 aliphatic carbocycles. The Kier molecular flexibility index (Phi) is 6.68. The number of carbonyl (C=O) groups excluding carboxylic acids is 2. The lowest BCUT2D eigenvalue weighted by molar-refractivity contribution is -0.120. The second-order valence-corrected chi connectivity index (χ2v) is 5.39. The van der Waals surface area contributed by atoms with Crippen LogP contribution in [-0.4, -0.2) is 36.1 Å². The van der Waals surface area contributed by atoms with E-state index in [4.69, 9.17) is 5.73 Å². The summed E-state index contributed by atoms with van der Waals surface area (Å²) in [5.41, 5.74) is 6.55. The number of rotatable bonds is 7. The number of aliphatic hydroxyl groups excluding tert-OH is 1. The first kappa shape index (κ1) is 17.0. The number of nitrogens with two attached hydrogens (primary N) is 1. The van der Waals surface area contributed by atoms with Crippen LogP contribution in [0.5, 0.6) is 0 Å². The predicted octanol–water partition coefficient (Wildman–Crippen LogP) is 0.522. The zero-order valence-electron chi connectivity index (χ0n) is 12.4. The van der Waals surface area contributed by atoms with Gasteiger partial charge in [0, 0.05) is 17.8 Å². The first-order valence-electron chi connectivity index (χ1n) is 6.97. The molecule has 0 bridgehead atoms. The lowest BCUT2D eigenvalue weighted by Gasteiger charge is -2.14. The summed E-state index contributed by atoms with van der Waals surface area (Å²) >= 11 is 0. The minimum atomic E-state index is -0.568. The van der Waals surface area contributed by atoms with Crippen LogP contribution in [0.25, 0.3) is 0 Å². The van der Waals surface area contributed by atoms with Crippen molar-refractivity contribution >= 4 is 17.5 Å². The fraction of sp³-hybridized carbons (Fsp3) is 0.467. The van der Waals surface area contributed by atoms with Crippen molar-refractivity contribution in [2.75, 3.05) is 18.8 Å². The number of hydrogen-bond acceptors (Lipinski definition) is 4. The fourth-order valence-electron chi connectivity index (χ4n) is 1.82. The van der Waals surface area contributed by atoms with E-state index in [9.17, 15) is 14.7 Å². The Morgan fingerprint density at radius 2 is 1.81 bits per heavy atom. The number of benzene rings is 1. The second-order valence-electron chi connectivity index (χ2n) is 5.39. The van der Waals surface area contributed by atoms with E-state index in [1.807, 2.05) is 13.8 Å². The highest BCUT2D eigenvalue weighted by molar-refractivity contribution is 5.96. The average molecular weight is 293 g/mol. The van der Waals surface area contributed by atoms with Crippen molar-refractivity contribution < 1.29 is 14.7 Å². The highest BCUT2D eigenvalue weighted by Gasteiger charge is 2.10. The topological polar surface area (TPSA) is 104 Å². The molecule has 6 nitrogen and oxygen atoms in total. The first-order chi connectivity index (χ1) is 9.88. The van der Waals surface area contributed by atoms with Gasteiger partial charge < -0.3 is 21.5 Å². The summed E-state index contributed by atoms with van der Waals surface area (Å²) in [7, 11) is 0. The number of anilines is 1. The van der Waals surface area contributed by atoms with E-state index >= 15 is 0 Å². The Hall–Kier alpha value is -2.08. The molecular weight excluding hydrogens is 270 g/mol. The third-order valence-electron chi connectivity index (χ3n) is 2.86. The zero-order chi connectivity index (χ0) is 15.8. The molecule has 6 heteroatoms. The molecule has 1 rings (SSSR count). The Balaban J connectivity index is 2.29. The molecule has 116 valence electrons. The van der Waals surface area contributed by atoms with Gasteiger partial charge >= 0.3 is 0 Å². The van der Waals surface area contributed by atoms with Crippen molar-refractivity contribution in [3.05, 3.63) is 29.8 Å². The molecule has 0 fully saturated rings. The minimum absolute atomic E-state index is 0.127. The van der Waals surface area contributed by atoms with Gasteiger partial charge in [0.2, 0.25) is 5.91 Å². The van der Waals surface area contributed by atoms with Crippen LogP contribution in [0, 0.1) is 5.92 Å². The smallest absolute Gasteiger partial charge is 0.251 e. The normalized spacial score (nSPS) is 12.0. The zero-order valence-corrected chi connectivity index (χ0v) is 12.4. The predicted molar refractivity (Wildman–Crippen MR) is 81.7 cm³/mol. The van der Waals surface area contributed by atoms with Crippen LogP contribution < -0.4 is 16.4 Å². The highest BCUT2D eigenvalue weighted by atomic mass is 16.3. The summed E-state index contributed by atoms with van der Waals surface area (Å²) in [5, 5.41) is 14.7. The molecule has 1 atom stereocenters. The number of nitrogen functional groups attached to an aromatic ring is 1. The van der Waals surface area contributed by atoms with Crippen LogP contribution in [0.1, 0.15) is 30.6 Å². The van der Waals surface area contributed by atoms with Crippen LogP contribution in [0.3, 0.4) is 0 Å². The molecule has 1 aromatic rings. The van der Waals surface area contributed by atoms with Crippen LogP contribution >= 0.6 is 0 Å². The van der Waals surface area contributed by atoms with Crippen LogP contribution in [0.15, 0.2) is 24.3 Å². The molecule has 0 aliphatic rings. The van der Waals surface area contributed by atoms with E-state index < -0.39 is 6.10 Å². The molecule has 0 saturated heterocycles. The summed E-state index contributed by atoms with van der Waals surface area (Å²) in [6, 6.07) is 6.43. The molecule has 0 aliphatic heterocycles. The summed E-state index contributed by atoms with van der Waals surface area (Å²) in [4.78, 5) is 23.3. The molecular formula is C15H23N3O3. The van der Waals surface area contributed by atoms with Gasteiger partial charge in [0.25, 0.3) is 5.91 Å². The van der Waals surface area contributed by atoms with Gasteiger partial charge in [0.05, 0.1) is 12.6 Å². The molecule has 5 N–H and O–H groups in total. The van der Waals surface area contributed by atoms with E-state index in [1.54, 1.807) is 24.3 Å². The fourth-order valence-corrected chi connectivity index (χ4v) is 1.82. The molecule has 0 spiro atoms. The van der Waals surface area contributed by atoms with Gasteiger partial charge in [-0.25, -0.2) is 0 Å². The van der Waals surface area contributed by atoms with Gasteiger partial charge in [-0.1, -0.05) is 13.8 Å². The maximum absolute atomic E-state index is 11.8. The summed E-state index contributed by atoms with van der Waals surface area (Å²) in [5.74, 6) is -0.309. The van der Waals surface area contributed by atoms with E-state index in [2.05, 4.69) is 10.6 Å². The Bertz CT molecular complexity index is 472. The van der Waals surface area contributed by atoms with Crippen LogP contribution in [0.4, 0.5) is 5.69 Å². The molecule has 0 aromatic heterocycles. The lowest BCUT2D eigenvalue weighted by Crippen LogP contribution is -2.40. The Labute approximate surface area is 124 Å².